The number of anilines is 1. The van der Waals surface area contributed by atoms with Crippen molar-refractivity contribution in [2.75, 3.05) is 38.1 Å². The standard InChI is InChI=1S/C20H21N3O/c1-21-11-13-22(14-12-21)19-15-20(24)23(16-7-3-2-4-8-16)18-10-6-5-9-17(18)19/h2-10,15H,11-14H2,1H3. The van der Waals surface area contributed by atoms with Crippen LogP contribution in [0.15, 0.2) is 65.5 Å². The van der Waals surface area contributed by atoms with Gasteiger partial charge in [0.05, 0.1) is 11.2 Å². The Labute approximate surface area is 141 Å². The van der Waals surface area contributed by atoms with Crippen LogP contribution in [0, 0.1) is 0 Å². The van der Waals surface area contributed by atoms with Crippen molar-refractivity contribution in [2.24, 2.45) is 0 Å². The highest BCUT2D eigenvalue weighted by Crippen LogP contribution is 2.27. The second kappa shape index (κ2) is 6.13. The Balaban J connectivity index is 1.91. The molecule has 1 saturated heterocycles. The zero-order valence-corrected chi connectivity index (χ0v) is 13.9. The lowest BCUT2D eigenvalue weighted by atomic mass is 10.1. The number of nitrogens with zero attached hydrogens (tertiary/aromatic N) is 3. The second-order valence-electron chi connectivity index (χ2n) is 6.35. The molecule has 122 valence electrons. The zero-order chi connectivity index (χ0) is 16.5. The first-order chi connectivity index (χ1) is 11.7. The van der Waals surface area contributed by atoms with Crippen molar-refractivity contribution in [1.82, 2.24) is 9.47 Å². The highest BCUT2D eigenvalue weighted by molar-refractivity contribution is 5.93. The van der Waals surface area contributed by atoms with Gasteiger partial charge in [-0.3, -0.25) is 9.36 Å². The lowest BCUT2D eigenvalue weighted by molar-refractivity contribution is 0.313. The molecule has 2 heterocycles. The van der Waals surface area contributed by atoms with Gasteiger partial charge in [-0.15, -0.1) is 0 Å². The van der Waals surface area contributed by atoms with Crippen LogP contribution in [0.25, 0.3) is 16.6 Å². The first kappa shape index (κ1) is 15.0. The molecule has 0 atom stereocenters. The van der Waals surface area contributed by atoms with Gasteiger partial charge in [-0.25, -0.2) is 0 Å². The number of rotatable bonds is 2. The number of hydrogen-bond acceptors (Lipinski definition) is 3. The molecule has 3 aromatic rings. The summed E-state index contributed by atoms with van der Waals surface area (Å²) in [4.78, 5) is 17.5. The van der Waals surface area contributed by atoms with Crippen LogP contribution in [0.4, 0.5) is 5.69 Å². The third-order valence-corrected chi connectivity index (χ3v) is 4.76. The van der Waals surface area contributed by atoms with Crippen LogP contribution in [0.2, 0.25) is 0 Å². The van der Waals surface area contributed by atoms with E-state index in [1.54, 1.807) is 10.6 Å². The molecule has 0 N–H and O–H groups in total. The van der Waals surface area contributed by atoms with Gasteiger partial charge in [-0.05, 0) is 25.2 Å². The number of benzene rings is 2. The predicted octanol–water partition coefficient (Wildman–Crippen LogP) is 2.74. The normalized spacial score (nSPS) is 15.8. The van der Waals surface area contributed by atoms with Gasteiger partial charge in [0, 0.05) is 43.3 Å². The Bertz CT molecular complexity index is 909. The highest BCUT2D eigenvalue weighted by atomic mass is 16.1. The molecule has 0 aliphatic carbocycles. The smallest absolute Gasteiger partial charge is 0.257 e. The molecule has 0 unspecified atom stereocenters. The Morgan fingerprint density at radius 3 is 2.25 bits per heavy atom. The van der Waals surface area contributed by atoms with Gasteiger partial charge >= 0.3 is 0 Å². The number of fused-ring (bicyclic) bond motifs is 1. The minimum absolute atomic E-state index is 0.0221. The van der Waals surface area contributed by atoms with E-state index in [4.69, 9.17) is 0 Å². The average molecular weight is 319 g/mol. The fourth-order valence-electron chi connectivity index (χ4n) is 3.42. The minimum atomic E-state index is 0.0221. The summed E-state index contributed by atoms with van der Waals surface area (Å²) < 4.78 is 1.80. The highest BCUT2D eigenvalue weighted by Gasteiger charge is 2.18. The fourth-order valence-corrected chi connectivity index (χ4v) is 3.42. The first-order valence-electron chi connectivity index (χ1n) is 8.38. The van der Waals surface area contributed by atoms with Crippen molar-refractivity contribution >= 4 is 16.6 Å². The maximum absolute atomic E-state index is 12.9. The van der Waals surface area contributed by atoms with Crippen molar-refractivity contribution in [3.05, 3.63) is 71.0 Å². The van der Waals surface area contributed by atoms with E-state index >= 15 is 0 Å². The van der Waals surface area contributed by atoms with Gasteiger partial charge < -0.3 is 9.80 Å². The van der Waals surface area contributed by atoms with Gasteiger partial charge in [0.15, 0.2) is 0 Å². The maximum Gasteiger partial charge on any atom is 0.257 e. The monoisotopic (exact) mass is 319 g/mol. The summed E-state index contributed by atoms with van der Waals surface area (Å²) in [6.07, 6.45) is 0. The van der Waals surface area contributed by atoms with E-state index in [9.17, 15) is 4.79 Å². The number of piperazine rings is 1. The molecule has 0 bridgehead atoms. The van der Waals surface area contributed by atoms with Crippen LogP contribution in [0.5, 0.6) is 0 Å². The van der Waals surface area contributed by atoms with Crippen LogP contribution < -0.4 is 10.5 Å². The van der Waals surface area contributed by atoms with Crippen molar-refractivity contribution in [3.8, 4) is 5.69 Å². The summed E-state index contributed by atoms with van der Waals surface area (Å²) >= 11 is 0. The Morgan fingerprint density at radius 1 is 0.833 bits per heavy atom. The van der Waals surface area contributed by atoms with Gasteiger partial charge in [-0.2, -0.15) is 0 Å². The summed E-state index contributed by atoms with van der Waals surface area (Å²) in [5.41, 5.74) is 2.94. The quantitative estimate of drug-likeness (QED) is 0.727. The van der Waals surface area contributed by atoms with E-state index in [0.717, 1.165) is 48.5 Å². The molecule has 4 nitrogen and oxygen atoms in total. The molecule has 1 aliphatic heterocycles. The maximum atomic E-state index is 12.9. The molecule has 0 spiro atoms. The first-order valence-corrected chi connectivity index (χ1v) is 8.38. The van der Waals surface area contributed by atoms with Crippen LogP contribution in [0.1, 0.15) is 0 Å². The minimum Gasteiger partial charge on any atom is -0.368 e. The van der Waals surface area contributed by atoms with E-state index in [1.165, 1.54) is 0 Å². The summed E-state index contributed by atoms with van der Waals surface area (Å²) in [6, 6.07) is 19.8. The van der Waals surface area contributed by atoms with E-state index in [1.807, 2.05) is 48.5 Å². The number of para-hydroxylation sites is 2. The van der Waals surface area contributed by atoms with E-state index in [0.29, 0.717) is 0 Å². The molecule has 4 rings (SSSR count). The van der Waals surface area contributed by atoms with Crippen LogP contribution in [-0.4, -0.2) is 42.7 Å². The molecule has 0 radical (unpaired) electrons. The lowest BCUT2D eigenvalue weighted by Gasteiger charge is -2.34. The molecule has 1 aromatic heterocycles. The molecule has 0 amide bonds. The third kappa shape index (κ3) is 2.59. The lowest BCUT2D eigenvalue weighted by Crippen LogP contribution is -2.45. The second-order valence-corrected chi connectivity index (χ2v) is 6.35. The third-order valence-electron chi connectivity index (χ3n) is 4.76. The van der Waals surface area contributed by atoms with Gasteiger partial charge in [-0.1, -0.05) is 36.4 Å². The van der Waals surface area contributed by atoms with Crippen LogP contribution >= 0.6 is 0 Å². The predicted molar refractivity (Wildman–Crippen MR) is 99.3 cm³/mol. The molecule has 1 fully saturated rings. The molecular formula is C20H21N3O. The summed E-state index contributed by atoms with van der Waals surface area (Å²) in [6.45, 7) is 3.96. The van der Waals surface area contributed by atoms with E-state index in [-0.39, 0.29) is 5.56 Å². The summed E-state index contributed by atoms with van der Waals surface area (Å²) in [5, 5.41) is 1.13. The fraction of sp³-hybridized carbons (Fsp3) is 0.250. The average Bonchev–Trinajstić information content (AvgIpc) is 2.62. The van der Waals surface area contributed by atoms with E-state index in [2.05, 4.69) is 22.9 Å². The molecule has 24 heavy (non-hydrogen) atoms. The van der Waals surface area contributed by atoms with Crippen molar-refractivity contribution in [2.45, 2.75) is 0 Å². The van der Waals surface area contributed by atoms with Crippen molar-refractivity contribution in [3.63, 3.8) is 0 Å². The van der Waals surface area contributed by atoms with Crippen molar-refractivity contribution in [1.29, 1.82) is 0 Å². The molecular weight excluding hydrogens is 298 g/mol. The molecule has 4 heteroatoms. The number of aromatic nitrogens is 1. The zero-order valence-electron chi connectivity index (χ0n) is 13.9. The summed E-state index contributed by atoms with van der Waals surface area (Å²) in [5.74, 6) is 0. The number of hydrogen-bond donors (Lipinski definition) is 0. The SMILES string of the molecule is CN1CCN(c2cc(=O)n(-c3ccccc3)c3ccccc23)CC1. The Kier molecular flexibility index (Phi) is 3.82. The molecule has 2 aromatic carbocycles. The van der Waals surface area contributed by atoms with Crippen LogP contribution in [-0.2, 0) is 0 Å². The topological polar surface area (TPSA) is 28.5 Å². The summed E-state index contributed by atoms with van der Waals surface area (Å²) in [7, 11) is 2.14. The van der Waals surface area contributed by atoms with Gasteiger partial charge in [0.1, 0.15) is 0 Å². The molecule has 1 aliphatic rings. The number of pyridine rings is 1. The van der Waals surface area contributed by atoms with Gasteiger partial charge in [0.2, 0.25) is 0 Å². The number of likely N-dealkylation sites (N-methyl/N-ethyl adjacent to an activating group) is 1. The van der Waals surface area contributed by atoms with Crippen LogP contribution in [0.3, 0.4) is 0 Å². The largest absolute Gasteiger partial charge is 0.368 e. The van der Waals surface area contributed by atoms with Crippen molar-refractivity contribution < 1.29 is 0 Å². The Hall–Kier alpha value is -2.59. The Morgan fingerprint density at radius 2 is 1.50 bits per heavy atom. The molecule has 0 saturated carbocycles. The van der Waals surface area contributed by atoms with Gasteiger partial charge in [0.25, 0.3) is 5.56 Å². The van der Waals surface area contributed by atoms with E-state index < -0.39 is 0 Å².